The monoisotopic (exact) mass is 636 g/mol. The molecular weight excluding hydrogens is 601 g/mol. The lowest BCUT2D eigenvalue weighted by Crippen LogP contribution is -2.24. The third kappa shape index (κ3) is 10.9. The molecule has 1 aliphatic carbocycles. The van der Waals surface area contributed by atoms with E-state index < -0.39 is 20.0 Å². The molecule has 0 spiro atoms. The van der Waals surface area contributed by atoms with Crippen LogP contribution < -0.4 is 0 Å². The normalized spacial score (nSPS) is 13.5. The second-order valence-electron chi connectivity index (χ2n) is 10.1. The Morgan fingerprint density at radius 2 is 1.09 bits per heavy atom. The number of nitrogens with zero attached hydrogens (tertiary/aromatic N) is 2. The van der Waals surface area contributed by atoms with Crippen molar-refractivity contribution < 1.29 is 26.2 Å². The summed E-state index contributed by atoms with van der Waals surface area (Å²) in [5.74, 6) is 0. The second kappa shape index (κ2) is 16.4. The number of hydrogen-bond acceptors (Lipinski definition) is 5. The summed E-state index contributed by atoms with van der Waals surface area (Å²) in [7, 11) is -7.57. The summed E-state index contributed by atoms with van der Waals surface area (Å²) in [4.78, 5) is 6.49. The lowest BCUT2D eigenvalue weighted by atomic mass is 10.0. The summed E-state index contributed by atoms with van der Waals surface area (Å²) >= 11 is 0. The van der Waals surface area contributed by atoms with Gasteiger partial charge in [-0.2, -0.15) is 4.79 Å². The molecule has 43 heavy (non-hydrogen) atoms. The molecule has 7 nitrogen and oxygen atoms in total. The number of benzene rings is 4. The predicted molar refractivity (Wildman–Crippen MR) is 171 cm³/mol. The van der Waals surface area contributed by atoms with E-state index in [-0.39, 0.29) is 21.0 Å². The van der Waals surface area contributed by atoms with Gasteiger partial charge in [0.15, 0.2) is 14.7 Å². The molecule has 0 bridgehead atoms. The molecular formula is C33H36N2O5S3. The molecule has 10 heteroatoms. The molecule has 0 atom stereocenters. The van der Waals surface area contributed by atoms with E-state index in [1.165, 1.54) is 32.4 Å². The fourth-order valence-electron chi connectivity index (χ4n) is 4.45. The van der Waals surface area contributed by atoms with Gasteiger partial charge >= 0.3 is 5.55 Å². The van der Waals surface area contributed by atoms with E-state index in [4.69, 9.17) is 5.53 Å². The van der Waals surface area contributed by atoms with E-state index in [2.05, 4.69) is 96.6 Å². The quantitative estimate of drug-likeness (QED) is 0.0563. The lowest BCUT2D eigenvalue weighted by Gasteiger charge is -2.17. The van der Waals surface area contributed by atoms with Crippen LogP contribution in [0.25, 0.3) is 5.53 Å². The Balaban J connectivity index is 0.000000190. The average molecular weight is 637 g/mol. The maximum absolute atomic E-state index is 11.3. The van der Waals surface area contributed by atoms with Crippen molar-refractivity contribution in [2.75, 3.05) is 0 Å². The maximum atomic E-state index is 11.3. The van der Waals surface area contributed by atoms with Gasteiger partial charge in [0.25, 0.3) is 0 Å². The topological polar surface area (TPSA) is 128 Å². The molecule has 5 rings (SSSR count). The average Bonchev–Trinajstić information content (AvgIpc) is 3.00. The van der Waals surface area contributed by atoms with E-state index in [0.717, 1.165) is 24.8 Å². The molecule has 1 aliphatic rings. The van der Waals surface area contributed by atoms with Crippen molar-refractivity contribution in [3.63, 3.8) is 0 Å². The third-order valence-corrected chi connectivity index (χ3v) is 11.6. The number of hydrogen-bond donors (Lipinski definition) is 0. The van der Waals surface area contributed by atoms with E-state index in [1.807, 2.05) is 6.92 Å². The van der Waals surface area contributed by atoms with Gasteiger partial charge < -0.3 is 10.1 Å². The fraction of sp³-hybridized carbons (Fsp3) is 0.242. The third-order valence-electron chi connectivity index (χ3n) is 6.74. The molecule has 0 heterocycles. The molecule has 0 saturated heterocycles. The number of sulfone groups is 1. The number of rotatable bonds is 6. The zero-order chi connectivity index (χ0) is 31.3. The van der Waals surface area contributed by atoms with Gasteiger partial charge in [0, 0.05) is 0 Å². The van der Waals surface area contributed by atoms with Gasteiger partial charge in [-0.05, 0) is 75.2 Å². The molecule has 0 radical (unpaired) electrons. The van der Waals surface area contributed by atoms with E-state index in [0.29, 0.717) is 18.4 Å². The molecule has 0 unspecified atom stereocenters. The first-order valence-electron chi connectivity index (χ1n) is 13.9. The van der Waals surface area contributed by atoms with Gasteiger partial charge in [0.05, 0.1) is 21.0 Å². The zero-order valence-corrected chi connectivity index (χ0v) is 26.7. The van der Waals surface area contributed by atoms with Gasteiger partial charge in [-0.3, -0.25) is 0 Å². The van der Waals surface area contributed by atoms with Gasteiger partial charge in [0.1, 0.15) is 10.1 Å². The predicted octanol–water partition coefficient (Wildman–Crippen LogP) is 6.98. The van der Waals surface area contributed by atoms with Gasteiger partial charge in [-0.1, -0.05) is 91.1 Å². The minimum absolute atomic E-state index is 0.0229. The first-order valence-corrected chi connectivity index (χ1v) is 18.1. The van der Waals surface area contributed by atoms with Crippen LogP contribution in [-0.4, -0.2) is 37.0 Å². The zero-order valence-electron chi connectivity index (χ0n) is 24.2. The summed E-state index contributed by atoms with van der Waals surface area (Å²) in [6.07, 6.45) is 4.44. The lowest BCUT2D eigenvalue weighted by molar-refractivity contribution is 0.00744. The minimum Gasteiger partial charge on any atom is -0.744 e. The van der Waals surface area contributed by atoms with Crippen LogP contribution in [0.1, 0.15) is 43.2 Å². The van der Waals surface area contributed by atoms with Crippen molar-refractivity contribution in [2.24, 2.45) is 0 Å². The molecule has 0 amide bonds. The summed E-state index contributed by atoms with van der Waals surface area (Å²) in [6, 6.07) is 36.2. The molecule has 1 fully saturated rings. The highest BCUT2D eigenvalue weighted by Gasteiger charge is 2.29. The van der Waals surface area contributed by atoms with Crippen LogP contribution in [0.4, 0.5) is 0 Å². The fourth-order valence-corrected chi connectivity index (χ4v) is 8.29. The standard InChI is InChI=1S/C19H17S.C7H12N2O2S.C7H8O3S/c1-16-12-14-19(15-13-16)20(17-8-4-2-5-9-17)18-10-6-3-7-11-18;8-9-6-12(10,11)7-4-2-1-3-5-7;1-6-2-4-7(5-3-6)11(8,9)10/h2-15H,1H3;6-7H,1-5H2;2-5H,1H3,(H,8,9,10)/q+1;;/p-1. The molecule has 0 aromatic heterocycles. The molecule has 0 aliphatic heterocycles. The van der Waals surface area contributed by atoms with Gasteiger partial charge in [-0.25, -0.2) is 16.8 Å². The summed E-state index contributed by atoms with van der Waals surface area (Å²) in [5.41, 5.74) is 11.0. The van der Waals surface area contributed by atoms with Crippen LogP contribution in [0.2, 0.25) is 0 Å². The molecule has 1 saturated carbocycles. The van der Waals surface area contributed by atoms with Crippen LogP contribution in [0, 0.1) is 13.8 Å². The van der Waals surface area contributed by atoms with Crippen LogP contribution in [0.5, 0.6) is 0 Å². The van der Waals surface area contributed by atoms with Crippen molar-refractivity contribution in [2.45, 2.75) is 70.8 Å². The van der Waals surface area contributed by atoms with Crippen molar-refractivity contribution in [1.82, 2.24) is 0 Å². The van der Waals surface area contributed by atoms with Crippen LogP contribution >= 0.6 is 0 Å². The summed E-state index contributed by atoms with van der Waals surface area (Å²) in [5, 5.41) is -0.317. The van der Waals surface area contributed by atoms with Crippen LogP contribution in [0.15, 0.2) is 129 Å². The first-order chi connectivity index (χ1) is 20.5. The smallest absolute Gasteiger partial charge is 0.370 e. The van der Waals surface area contributed by atoms with E-state index in [9.17, 15) is 21.4 Å². The minimum atomic E-state index is -4.27. The highest BCUT2D eigenvalue weighted by molar-refractivity contribution is 8.04. The first kappa shape index (κ1) is 34.0. The van der Waals surface area contributed by atoms with E-state index >= 15 is 0 Å². The van der Waals surface area contributed by atoms with Gasteiger partial charge in [0.2, 0.25) is 9.84 Å². The Hall–Kier alpha value is -3.53. The van der Waals surface area contributed by atoms with E-state index in [1.54, 1.807) is 12.1 Å². The summed E-state index contributed by atoms with van der Waals surface area (Å²) < 4.78 is 53.7. The highest BCUT2D eigenvalue weighted by Crippen LogP contribution is 2.31. The van der Waals surface area contributed by atoms with Crippen LogP contribution in [0.3, 0.4) is 0 Å². The SMILES string of the molecule is Cc1ccc(S(=O)(=O)[O-])cc1.Cc1ccc([S+](c2ccccc2)c2ccccc2)cc1.[N-]=[N+]=CS(=O)(=O)C1CCCCC1. The molecule has 226 valence electrons. The summed E-state index contributed by atoms with van der Waals surface area (Å²) in [6.45, 7) is 3.95. The highest BCUT2D eigenvalue weighted by atomic mass is 32.2. The van der Waals surface area contributed by atoms with Crippen molar-refractivity contribution in [3.8, 4) is 0 Å². The Kier molecular flexibility index (Phi) is 12.9. The van der Waals surface area contributed by atoms with Crippen LogP contribution in [-0.2, 0) is 30.9 Å². The largest absolute Gasteiger partial charge is 0.744 e. The Labute approximate surface area is 258 Å². The Morgan fingerprint density at radius 3 is 1.51 bits per heavy atom. The molecule has 0 N–H and O–H groups in total. The van der Waals surface area contributed by atoms with Crippen molar-refractivity contribution in [1.29, 1.82) is 0 Å². The molecule has 4 aromatic rings. The van der Waals surface area contributed by atoms with Crippen molar-refractivity contribution in [3.05, 3.63) is 126 Å². The van der Waals surface area contributed by atoms with Gasteiger partial charge in [-0.15, -0.1) is 0 Å². The Bertz CT molecular complexity index is 1640. The number of aryl methyl sites for hydroxylation is 2. The maximum Gasteiger partial charge on any atom is 0.370 e. The molecule has 4 aromatic carbocycles. The van der Waals surface area contributed by atoms with Crippen molar-refractivity contribution >= 4 is 36.4 Å². The Morgan fingerprint density at radius 1 is 0.674 bits per heavy atom. The second-order valence-corrected chi connectivity index (χ2v) is 15.5.